The Morgan fingerprint density at radius 3 is 2.63 bits per heavy atom. The minimum absolute atomic E-state index is 0.214. The second-order valence-electron chi connectivity index (χ2n) is 7.15. The van der Waals surface area contributed by atoms with Gasteiger partial charge in [-0.2, -0.15) is 0 Å². The molecule has 7 nitrogen and oxygen atoms in total. The lowest BCUT2D eigenvalue weighted by Crippen LogP contribution is -2.51. The van der Waals surface area contributed by atoms with Crippen LogP contribution in [0.4, 0.5) is 17.1 Å². The molecule has 0 radical (unpaired) electrons. The summed E-state index contributed by atoms with van der Waals surface area (Å²) in [5.74, 6) is -0.634. The zero-order valence-electron chi connectivity index (χ0n) is 16.7. The van der Waals surface area contributed by atoms with Gasteiger partial charge in [0, 0.05) is 38.2 Å². The van der Waals surface area contributed by atoms with Gasteiger partial charge >= 0.3 is 5.97 Å². The Morgan fingerprint density at radius 2 is 1.93 bits per heavy atom. The van der Waals surface area contributed by atoms with Crippen molar-refractivity contribution in [1.82, 2.24) is 0 Å². The molecule has 1 fully saturated rings. The first-order valence-electron chi connectivity index (χ1n) is 9.47. The molecule has 1 N–H and O–H groups in total. The van der Waals surface area contributed by atoms with E-state index in [-0.39, 0.29) is 12.5 Å². The third kappa shape index (κ3) is 3.80. The lowest BCUT2D eigenvalue weighted by atomic mass is 10.1. The summed E-state index contributed by atoms with van der Waals surface area (Å²) in [6.07, 6.45) is 3.88. The van der Waals surface area contributed by atoms with Gasteiger partial charge in [0.25, 0.3) is 5.85 Å². The normalized spacial score (nSPS) is 21.0. The molecule has 0 aliphatic carbocycles. The zero-order chi connectivity index (χ0) is 21.3. The monoisotopic (exact) mass is 445 g/mol. The summed E-state index contributed by atoms with van der Waals surface area (Å²) in [7, 11) is 3.05. The van der Waals surface area contributed by atoms with Crippen molar-refractivity contribution in [3.05, 3.63) is 60.2 Å². The van der Waals surface area contributed by atoms with E-state index in [1.165, 1.54) is 0 Å². The van der Waals surface area contributed by atoms with Gasteiger partial charge in [-0.15, -0.1) is 0 Å². The van der Waals surface area contributed by atoms with E-state index in [0.29, 0.717) is 12.3 Å². The van der Waals surface area contributed by atoms with Crippen molar-refractivity contribution >= 4 is 50.0 Å². The van der Waals surface area contributed by atoms with Crippen molar-refractivity contribution in [3.63, 3.8) is 0 Å². The Labute approximate surface area is 182 Å². The average molecular weight is 446 g/mol. The molecular formula is C21H23N3O4S2. The summed E-state index contributed by atoms with van der Waals surface area (Å²) < 4.78 is 25.4. The molecule has 30 heavy (non-hydrogen) atoms. The lowest BCUT2D eigenvalue weighted by Gasteiger charge is -2.33. The van der Waals surface area contributed by atoms with Gasteiger partial charge in [-0.05, 0) is 40.6 Å². The summed E-state index contributed by atoms with van der Waals surface area (Å²) in [5.41, 5.74) is 4.01. The van der Waals surface area contributed by atoms with Gasteiger partial charge in [0.1, 0.15) is 6.54 Å². The number of fused-ring (bicyclic) bond motifs is 3. The van der Waals surface area contributed by atoms with E-state index in [1.54, 1.807) is 0 Å². The molecule has 2 aromatic carbocycles. The standard InChI is InChI=1S/C21H23N3O4S2/c1-22(13-14-29-30(26)27)17-9-7-16(8-10-17)11-12-21-23(2)18-5-3-4-6-19(18)24(21)15-20(25)28-21/h3-12H,13-15H2,1-2H3,(H,26,27)/b12-11+. The largest absolute Gasteiger partial charge is 0.414 e. The predicted octanol–water partition coefficient (Wildman–Crippen LogP) is 3.17. The van der Waals surface area contributed by atoms with Crippen molar-refractivity contribution in [3.8, 4) is 0 Å². The quantitative estimate of drug-likeness (QED) is 0.396. The third-order valence-electron chi connectivity index (χ3n) is 5.39. The SMILES string of the molecule is CN(CCSS(=O)O)c1ccc(/C=C/C23OC(=O)CN2c2ccccc2N3C)cc1. The Bertz CT molecular complexity index is 998. The number of hydrogen-bond acceptors (Lipinski definition) is 7. The molecule has 0 aromatic heterocycles. The number of carbonyl (C=O) groups excluding carboxylic acids is 1. The molecule has 9 heteroatoms. The van der Waals surface area contributed by atoms with Crippen LogP contribution in [0.2, 0.25) is 0 Å². The van der Waals surface area contributed by atoms with Crippen molar-refractivity contribution < 1.29 is 18.3 Å². The van der Waals surface area contributed by atoms with Crippen LogP contribution in [-0.2, 0) is 19.6 Å². The molecular weight excluding hydrogens is 422 g/mol. The molecule has 0 bridgehead atoms. The number of hydrogen-bond donors (Lipinski definition) is 1. The average Bonchev–Trinajstić information content (AvgIpc) is 3.18. The minimum Gasteiger partial charge on any atom is -0.414 e. The van der Waals surface area contributed by atoms with Gasteiger partial charge in [0.15, 0.2) is 0 Å². The molecule has 2 heterocycles. The first-order valence-corrected chi connectivity index (χ1v) is 12.1. The molecule has 0 amide bonds. The van der Waals surface area contributed by atoms with E-state index in [2.05, 4.69) is 0 Å². The zero-order valence-corrected chi connectivity index (χ0v) is 18.4. The van der Waals surface area contributed by atoms with Crippen molar-refractivity contribution in [1.29, 1.82) is 0 Å². The summed E-state index contributed by atoms with van der Waals surface area (Å²) in [6.45, 7) is 0.884. The summed E-state index contributed by atoms with van der Waals surface area (Å²) in [4.78, 5) is 18.1. The van der Waals surface area contributed by atoms with Crippen LogP contribution in [0.5, 0.6) is 0 Å². The van der Waals surface area contributed by atoms with E-state index in [9.17, 15) is 9.00 Å². The molecule has 2 unspecified atom stereocenters. The van der Waals surface area contributed by atoms with Crippen LogP contribution in [-0.4, -0.2) is 53.5 Å². The third-order valence-corrected chi connectivity index (χ3v) is 7.05. The molecule has 158 valence electrons. The number of carbonyl (C=O) groups is 1. The van der Waals surface area contributed by atoms with Gasteiger partial charge in [-0.25, -0.2) is 9.00 Å². The molecule has 2 aliphatic rings. The molecule has 2 aliphatic heterocycles. The second-order valence-corrected chi connectivity index (χ2v) is 9.79. The van der Waals surface area contributed by atoms with Gasteiger partial charge in [-0.3, -0.25) is 9.45 Å². The smallest absolute Gasteiger partial charge is 0.329 e. The maximum Gasteiger partial charge on any atom is 0.329 e. The highest BCUT2D eigenvalue weighted by Crippen LogP contribution is 2.48. The number of nitrogens with zero attached hydrogens (tertiary/aromatic N) is 3. The van der Waals surface area contributed by atoms with E-state index in [4.69, 9.17) is 9.29 Å². The van der Waals surface area contributed by atoms with Crippen LogP contribution in [0.1, 0.15) is 5.56 Å². The lowest BCUT2D eigenvalue weighted by molar-refractivity contribution is -0.144. The van der Waals surface area contributed by atoms with Crippen molar-refractivity contribution in [2.75, 3.05) is 47.6 Å². The van der Waals surface area contributed by atoms with Gasteiger partial charge in [-0.1, -0.05) is 30.3 Å². The number of benzene rings is 2. The Balaban J connectivity index is 1.51. The van der Waals surface area contributed by atoms with Crippen LogP contribution >= 0.6 is 10.8 Å². The number of esters is 1. The van der Waals surface area contributed by atoms with E-state index < -0.39 is 16.0 Å². The van der Waals surface area contributed by atoms with E-state index in [1.807, 2.05) is 89.5 Å². The molecule has 0 saturated carbocycles. The van der Waals surface area contributed by atoms with Gasteiger partial charge < -0.3 is 14.5 Å². The predicted molar refractivity (Wildman–Crippen MR) is 123 cm³/mol. The maximum atomic E-state index is 12.1. The van der Waals surface area contributed by atoms with E-state index in [0.717, 1.165) is 33.4 Å². The second kappa shape index (κ2) is 8.33. The highest BCUT2D eigenvalue weighted by molar-refractivity contribution is 8.67. The van der Waals surface area contributed by atoms with E-state index >= 15 is 0 Å². The van der Waals surface area contributed by atoms with Crippen LogP contribution in [0.15, 0.2) is 54.6 Å². The van der Waals surface area contributed by atoms with Crippen LogP contribution in [0, 0.1) is 0 Å². The molecule has 4 rings (SSSR count). The molecule has 2 atom stereocenters. The molecule has 2 aromatic rings. The van der Waals surface area contributed by atoms with Crippen LogP contribution < -0.4 is 14.7 Å². The highest BCUT2D eigenvalue weighted by Gasteiger charge is 2.54. The van der Waals surface area contributed by atoms with Crippen LogP contribution in [0.3, 0.4) is 0 Å². The van der Waals surface area contributed by atoms with Crippen molar-refractivity contribution in [2.45, 2.75) is 5.85 Å². The molecule has 1 saturated heterocycles. The summed E-state index contributed by atoms with van der Waals surface area (Å²) in [6, 6.07) is 16.0. The van der Waals surface area contributed by atoms with Crippen molar-refractivity contribution in [2.24, 2.45) is 0 Å². The number of rotatable bonds is 7. The number of para-hydroxylation sites is 2. The highest BCUT2D eigenvalue weighted by atomic mass is 33.1. The number of likely N-dealkylation sites (N-methyl/N-ethyl adjacent to an activating group) is 1. The number of anilines is 3. The van der Waals surface area contributed by atoms with Gasteiger partial charge in [0.2, 0.25) is 10.1 Å². The summed E-state index contributed by atoms with van der Waals surface area (Å²) in [5, 5.41) is 0. The molecule has 0 spiro atoms. The Hall–Kier alpha value is -2.49. The van der Waals surface area contributed by atoms with Gasteiger partial charge in [0.05, 0.1) is 11.4 Å². The Morgan fingerprint density at radius 1 is 1.23 bits per heavy atom. The fourth-order valence-corrected chi connectivity index (χ4v) is 4.95. The number of ether oxygens (including phenoxy) is 1. The fourth-order valence-electron chi connectivity index (χ4n) is 3.81. The Kier molecular flexibility index (Phi) is 5.77. The first kappa shape index (κ1) is 20.8. The topological polar surface area (TPSA) is 73.3 Å². The fraction of sp³-hybridized carbons (Fsp3) is 0.286. The first-order chi connectivity index (χ1) is 14.4. The maximum absolute atomic E-state index is 12.1. The minimum atomic E-state index is -1.83. The summed E-state index contributed by atoms with van der Waals surface area (Å²) >= 11 is 0. The van der Waals surface area contributed by atoms with Crippen LogP contribution in [0.25, 0.3) is 6.08 Å².